The molecule has 0 nitrogen and oxygen atoms in total. The summed E-state index contributed by atoms with van der Waals surface area (Å²) in [6, 6.07) is 42.8. The van der Waals surface area contributed by atoms with E-state index in [0.29, 0.717) is 0 Å². The molecule has 4 aromatic carbocycles. The molecule has 2 aliphatic carbocycles. The zero-order chi connectivity index (χ0) is 26.7. The smallest absolute Gasteiger partial charge is 0 e. The van der Waals surface area contributed by atoms with Crippen LogP contribution in [0.2, 0.25) is 0 Å². The number of rotatable bonds is 4. The SMILES string of the molecule is CP(c1ccccc1)c1ccccc1.CP(c1ccccc1)c1ccccc1.[CH]1[CH][CH][CH][CH]1.[CH]1[CH][CH][CH][CH]1.[Zr]. The summed E-state index contributed by atoms with van der Waals surface area (Å²) in [7, 11) is -0.342. The predicted octanol–water partition coefficient (Wildman–Crippen LogP) is 7.54. The van der Waals surface area contributed by atoms with Gasteiger partial charge < -0.3 is 0 Å². The summed E-state index contributed by atoms with van der Waals surface area (Å²) < 4.78 is 0. The summed E-state index contributed by atoms with van der Waals surface area (Å²) >= 11 is 0. The van der Waals surface area contributed by atoms with Crippen LogP contribution in [-0.4, -0.2) is 13.3 Å². The molecule has 194 valence electrons. The van der Waals surface area contributed by atoms with Gasteiger partial charge in [0.2, 0.25) is 0 Å². The molecule has 4 aromatic rings. The van der Waals surface area contributed by atoms with Gasteiger partial charge in [-0.05, 0) is 115 Å². The Hall–Kier alpha value is -1.38. The van der Waals surface area contributed by atoms with Crippen molar-refractivity contribution in [1.29, 1.82) is 0 Å². The van der Waals surface area contributed by atoms with Gasteiger partial charge in [0.15, 0.2) is 0 Å². The van der Waals surface area contributed by atoms with Gasteiger partial charge in [-0.2, -0.15) is 0 Å². The van der Waals surface area contributed by atoms with Crippen LogP contribution in [0.3, 0.4) is 0 Å². The van der Waals surface area contributed by atoms with Crippen LogP contribution in [0.5, 0.6) is 0 Å². The molecule has 0 amide bonds. The maximum atomic E-state index is 2.31. The minimum absolute atomic E-state index is 0. The minimum atomic E-state index is -0.171. The van der Waals surface area contributed by atoms with E-state index in [4.69, 9.17) is 0 Å². The van der Waals surface area contributed by atoms with Crippen molar-refractivity contribution < 1.29 is 26.2 Å². The van der Waals surface area contributed by atoms with Crippen molar-refractivity contribution in [3.63, 3.8) is 0 Å². The van der Waals surface area contributed by atoms with Crippen molar-refractivity contribution in [3.8, 4) is 0 Å². The van der Waals surface area contributed by atoms with Gasteiger partial charge in [-0.3, -0.25) is 0 Å². The first-order valence-electron chi connectivity index (χ1n) is 12.8. The first-order valence-corrected chi connectivity index (χ1v) is 16.3. The van der Waals surface area contributed by atoms with Crippen LogP contribution in [-0.2, 0) is 26.2 Å². The molecule has 10 radical (unpaired) electrons. The molecule has 39 heavy (non-hydrogen) atoms. The second-order valence-corrected chi connectivity index (χ2v) is 12.7. The maximum Gasteiger partial charge on any atom is 0 e. The zero-order valence-corrected chi connectivity index (χ0v) is 27.0. The molecule has 0 bridgehead atoms. The predicted molar refractivity (Wildman–Crippen MR) is 173 cm³/mol. The quantitative estimate of drug-likeness (QED) is 0.207. The Morgan fingerprint density at radius 3 is 0.590 bits per heavy atom. The molecular formula is C36H36P2Zr. The molecule has 0 saturated heterocycles. The van der Waals surface area contributed by atoms with Crippen molar-refractivity contribution in [1.82, 2.24) is 0 Å². The molecule has 0 aliphatic heterocycles. The van der Waals surface area contributed by atoms with E-state index < -0.39 is 0 Å². The number of benzene rings is 4. The van der Waals surface area contributed by atoms with Gasteiger partial charge >= 0.3 is 0 Å². The maximum absolute atomic E-state index is 2.31. The van der Waals surface area contributed by atoms with E-state index in [1.165, 1.54) is 21.2 Å². The standard InChI is InChI=1S/2C13H13P.2C5H5.Zr/c2*1-14(12-8-4-2-5-9-12)13-10-6-3-7-11-13;2*1-2-4-5-3-1;/h2*2-11H,1H3;2*1-5H;. The Morgan fingerprint density at radius 1 is 0.282 bits per heavy atom. The normalized spacial score (nSPS) is 13.6. The van der Waals surface area contributed by atoms with Gasteiger partial charge in [0, 0.05) is 26.2 Å². The summed E-state index contributed by atoms with van der Waals surface area (Å²) in [5.74, 6) is 0. The van der Waals surface area contributed by atoms with Crippen LogP contribution in [0.1, 0.15) is 0 Å². The average Bonchev–Trinajstić information content (AvgIpc) is 3.79. The molecule has 6 rings (SSSR count). The van der Waals surface area contributed by atoms with Crippen molar-refractivity contribution in [2.45, 2.75) is 0 Å². The molecule has 2 fully saturated rings. The Kier molecular flexibility index (Phi) is 18.5. The molecule has 2 saturated carbocycles. The first kappa shape index (κ1) is 33.8. The van der Waals surface area contributed by atoms with E-state index in [1.54, 1.807) is 0 Å². The molecule has 0 unspecified atom stereocenters. The van der Waals surface area contributed by atoms with Gasteiger partial charge in [0.05, 0.1) is 0 Å². The van der Waals surface area contributed by atoms with E-state index in [0.717, 1.165) is 0 Å². The van der Waals surface area contributed by atoms with Gasteiger partial charge in [-0.25, -0.2) is 0 Å². The summed E-state index contributed by atoms with van der Waals surface area (Å²) in [6.45, 7) is 4.61. The largest absolute Gasteiger partial charge is 0.0622 e. The van der Waals surface area contributed by atoms with Gasteiger partial charge in [-0.1, -0.05) is 121 Å². The fourth-order valence-corrected chi connectivity index (χ4v) is 6.62. The second kappa shape index (κ2) is 21.4. The van der Waals surface area contributed by atoms with Crippen molar-refractivity contribution >= 4 is 37.1 Å². The molecule has 0 N–H and O–H groups in total. The van der Waals surface area contributed by atoms with E-state index in [1.807, 2.05) is 64.2 Å². The van der Waals surface area contributed by atoms with Crippen LogP contribution in [0.25, 0.3) is 0 Å². The fourth-order valence-electron chi connectivity index (χ4n) is 3.55. The Balaban J connectivity index is 0.000000199. The fraction of sp³-hybridized carbons (Fsp3) is 0.0556. The monoisotopic (exact) mass is 620 g/mol. The third-order valence-corrected chi connectivity index (χ3v) is 9.98. The molecule has 0 atom stereocenters. The van der Waals surface area contributed by atoms with E-state index in [2.05, 4.69) is 135 Å². The Bertz CT molecular complexity index is 895. The molecule has 0 spiro atoms. The van der Waals surface area contributed by atoms with Crippen LogP contribution in [0, 0.1) is 64.2 Å². The molecule has 2 aliphatic rings. The Labute approximate surface area is 260 Å². The number of hydrogen-bond acceptors (Lipinski definition) is 0. The summed E-state index contributed by atoms with van der Waals surface area (Å²) in [6.07, 6.45) is 20.0. The Morgan fingerprint density at radius 2 is 0.436 bits per heavy atom. The van der Waals surface area contributed by atoms with Gasteiger partial charge in [-0.15, -0.1) is 0 Å². The van der Waals surface area contributed by atoms with Gasteiger partial charge in [0.1, 0.15) is 0 Å². The molecule has 0 heterocycles. The van der Waals surface area contributed by atoms with Crippen molar-refractivity contribution in [2.75, 3.05) is 13.3 Å². The van der Waals surface area contributed by atoms with Crippen LogP contribution in [0.4, 0.5) is 0 Å². The average molecular weight is 622 g/mol. The summed E-state index contributed by atoms with van der Waals surface area (Å²) in [4.78, 5) is 0. The third-order valence-electron chi connectivity index (χ3n) is 5.69. The van der Waals surface area contributed by atoms with E-state index >= 15 is 0 Å². The number of hydrogen-bond donors (Lipinski definition) is 0. The summed E-state index contributed by atoms with van der Waals surface area (Å²) in [5, 5.41) is 5.75. The molecule has 3 heteroatoms. The van der Waals surface area contributed by atoms with Crippen LogP contribution >= 0.6 is 15.8 Å². The van der Waals surface area contributed by atoms with E-state index in [9.17, 15) is 0 Å². The zero-order valence-electron chi connectivity index (χ0n) is 22.7. The second-order valence-electron chi connectivity index (χ2n) is 8.38. The summed E-state index contributed by atoms with van der Waals surface area (Å²) in [5.41, 5.74) is 0. The molecular weight excluding hydrogens is 586 g/mol. The first-order chi connectivity index (χ1) is 18.8. The van der Waals surface area contributed by atoms with Crippen molar-refractivity contribution in [3.05, 3.63) is 186 Å². The van der Waals surface area contributed by atoms with Crippen LogP contribution in [0.15, 0.2) is 121 Å². The van der Waals surface area contributed by atoms with Crippen LogP contribution < -0.4 is 21.2 Å². The van der Waals surface area contributed by atoms with Crippen molar-refractivity contribution in [2.24, 2.45) is 0 Å². The van der Waals surface area contributed by atoms with E-state index in [-0.39, 0.29) is 42.0 Å². The minimum Gasteiger partial charge on any atom is -0.0622 e. The topological polar surface area (TPSA) is 0 Å². The van der Waals surface area contributed by atoms with Gasteiger partial charge in [0.25, 0.3) is 0 Å². The third kappa shape index (κ3) is 13.7. The molecule has 0 aromatic heterocycles.